The van der Waals surface area contributed by atoms with E-state index in [2.05, 4.69) is 0 Å². The molecule has 2 aromatic carbocycles. The number of benzene rings is 2. The lowest BCUT2D eigenvalue weighted by molar-refractivity contribution is 1.45. The molecule has 0 amide bonds. The van der Waals surface area contributed by atoms with Crippen molar-refractivity contribution in [3.8, 4) is 23.3 Å². The van der Waals surface area contributed by atoms with Crippen LogP contribution in [0.5, 0.6) is 0 Å². The van der Waals surface area contributed by atoms with E-state index < -0.39 is 0 Å². The van der Waals surface area contributed by atoms with Gasteiger partial charge in [-0.15, -0.1) is 16.4 Å². The highest BCUT2D eigenvalue weighted by molar-refractivity contribution is 6.68. The molecule has 2 nitrogen and oxygen atoms in total. The van der Waals surface area contributed by atoms with Gasteiger partial charge in [0.25, 0.3) is 0 Å². The molecule has 21 heavy (non-hydrogen) atoms. The second-order valence-corrected chi connectivity index (χ2v) is 4.47. The van der Waals surface area contributed by atoms with E-state index in [1.165, 1.54) is 6.07 Å². The Labute approximate surface area is 130 Å². The lowest BCUT2D eigenvalue weighted by Crippen LogP contribution is -2.55. The summed E-state index contributed by atoms with van der Waals surface area (Å²) in [7, 11) is 29.3. The second-order valence-electron chi connectivity index (χ2n) is 4.47. The van der Waals surface area contributed by atoms with Gasteiger partial charge in [-0.25, -0.2) is 0 Å². The van der Waals surface area contributed by atoms with E-state index in [0.717, 1.165) is 0 Å². The minimum absolute atomic E-state index is 0.116. The van der Waals surface area contributed by atoms with Crippen LogP contribution >= 0.6 is 0 Å². The van der Waals surface area contributed by atoms with Crippen LogP contribution in [-0.2, 0) is 0 Å². The third kappa shape index (κ3) is 2.52. The summed E-state index contributed by atoms with van der Waals surface area (Å²) in [5.74, 6) is 0. The van der Waals surface area contributed by atoms with Crippen molar-refractivity contribution in [2.45, 2.75) is 0 Å². The van der Waals surface area contributed by atoms with Crippen molar-refractivity contribution in [3.63, 3.8) is 0 Å². The number of nitriles is 2. The molecule has 2 rings (SSSR count). The van der Waals surface area contributed by atoms with Crippen LogP contribution in [-0.4, -0.2) is 39.2 Å². The molecule has 0 saturated carbocycles. The number of hydrogen-bond acceptors (Lipinski definition) is 2. The van der Waals surface area contributed by atoms with Crippen LogP contribution in [0.15, 0.2) is 18.2 Å². The average Bonchev–Trinajstić information content (AvgIpc) is 2.50. The van der Waals surface area contributed by atoms with Gasteiger partial charge in [-0.1, -0.05) is 10.9 Å². The lowest BCUT2D eigenvalue weighted by Gasteiger charge is -2.21. The summed E-state index contributed by atoms with van der Waals surface area (Å²) in [6, 6.07) is 8.51. The molecule has 0 aliphatic carbocycles. The highest BCUT2D eigenvalue weighted by atomic mass is 14.3. The Balaban J connectivity index is 2.86. The quantitative estimate of drug-likeness (QED) is 0.511. The van der Waals surface area contributed by atoms with Gasteiger partial charge in [0.15, 0.2) is 0 Å². The van der Waals surface area contributed by atoms with Gasteiger partial charge in [0.2, 0.25) is 0 Å². The summed E-state index contributed by atoms with van der Waals surface area (Å²) >= 11 is 0. The maximum Gasteiger partial charge on any atom is 0.113 e. The van der Waals surface area contributed by atoms with Gasteiger partial charge in [-0.2, -0.15) is 10.5 Å². The normalized spacial score (nSPS) is 9.81. The Kier molecular flexibility index (Phi) is 4.05. The van der Waals surface area contributed by atoms with Crippen LogP contribution in [0.3, 0.4) is 0 Å². The SMILES string of the molecule is [B]c1c([B])c([B])c(-c2cc(C#N)cc(C#N)c2)c([B])c1[B]. The number of nitrogens with zero attached hydrogens (tertiary/aromatic N) is 2. The first-order valence-electron chi connectivity index (χ1n) is 5.87. The van der Waals surface area contributed by atoms with E-state index in [0.29, 0.717) is 22.3 Å². The maximum absolute atomic E-state index is 9.03. The zero-order chi connectivity index (χ0) is 15.7. The number of hydrogen-bond donors (Lipinski definition) is 0. The van der Waals surface area contributed by atoms with Crippen molar-refractivity contribution < 1.29 is 0 Å². The zero-order valence-electron chi connectivity index (χ0n) is 11.0. The molecule has 0 atom stereocenters. The molecular formula is C14H3B5N2. The minimum Gasteiger partial charge on any atom is -0.192 e. The highest BCUT2D eigenvalue weighted by Gasteiger charge is 2.13. The van der Waals surface area contributed by atoms with Gasteiger partial charge in [0, 0.05) is 0 Å². The van der Waals surface area contributed by atoms with E-state index in [4.69, 9.17) is 49.8 Å². The van der Waals surface area contributed by atoms with Crippen molar-refractivity contribution >= 4 is 66.5 Å². The van der Waals surface area contributed by atoms with E-state index in [9.17, 15) is 0 Å². The molecule has 0 aliphatic heterocycles. The molecule has 0 aliphatic rings. The van der Waals surface area contributed by atoms with Crippen LogP contribution in [0.2, 0.25) is 0 Å². The van der Waals surface area contributed by atoms with E-state index >= 15 is 0 Å². The first-order valence-corrected chi connectivity index (χ1v) is 5.87. The monoisotopic (exact) mass is 254 g/mol. The molecule has 2 aromatic rings. The molecular weight excluding hydrogens is 250 g/mol. The summed E-state index contributed by atoms with van der Waals surface area (Å²) in [6.07, 6.45) is 0. The summed E-state index contributed by atoms with van der Waals surface area (Å²) in [5.41, 5.74) is 2.15. The summed E-state index contributed by atoms with van der Waals surface area (Å²) < 4.78 is 0. The predicted molar refractivity (Wildman–Crippen MR) is 88.2 cm³/mol. The molecule has 84 valence electrons. The van der Waals surface area contributed by atoms with Crippen molar-refractivity contribution in [2.24, 2.45) is 0 Å². The fourth-order valence-electron chi connectivity index (χ4n) is 2.06. The van der Waals surface area contributed by atoms with Gasteiger partial charge in [-0.05, 0) is 29.3 Å². The topological polar surface area (TPSA) is 47.6 Å². The number of rotatable bonds is 1. The van der Waals surface area contributed by atoms with E-state index in [-0.39, 0.29) is 27.3 Å². The van der Waals surface area contributed by atoms with E-state index in [1.54, 1.807) is 12.1 Å². The predicted octanol–water partition coefficient (Wildman–Crippen LogP) is -2.93. The van der Waals surface area contributed by atoms with Gasteiger partial charge < -0.3 is 0 Å². The summed E-state index contributed by atoms with van der Waals surface area (Å²) in [4.78, 5) is 0. The fourth-order valence-corrected chi connectivity index (χ4v) is 2.06. The molecule has 7 heteroatoms. The molecule has 0 fully saturated rings. The lowest BCUT2D eigenvalue weighted by atomic mass is 9.59. The highest BCUT2D eigenvalue weighted by Crippen LogP contribution is 2.18. The van der Waals surface area contributed by atoms with Crippen LogP contribution in [0.4, 0.5) is 0 Å². The van der Waals surface area contributed by atoms with Crippen LogP contribution in [0.25, 0.3) is 11.1 Å². The smallest absolute Gasteiger partial charge is 0.113 e. The van der Waals surface area contributed by atoms with Crippen molar-refractivity contribution in [2.75, 3.05) is 0 Å². The molecule has 0 N–H and O–H groups in total. The third-order valence-corrected chi connectivity index (χ3v) is 3.18. The van der Waals surface area contributed by atoms with Gasteiger partial charge in [0.1, 0.15) is 39.2 Å². The van der Waals surface area contributed by atoms with Crippen LogP contribution in [0.1, 0.15) is 11.1 Å². The molecule has 0 unspecified atom stereocenters. The third-order valence-electron chi connectivity index (χ3n) is 3.18. The first kappa shape index (κ1) is 15.1. The Morgan fingerprint density at radius 2 is 1.00 bits per heavy atom. The molecule has 0 heterocycles. The summed E-state index contributed by atoms with van der Waals surface area (Å²) in [6.45, 7) is 0. The standard InChI is InChI=1S/C14H3B5N2/c15-10-9(11(16)13(18)14(19)12(10)17)8-2-6(4-20)1-7(3-8)5-21/h1-3H. The Bertz CT molecular complexity index is 769. The van der Waals surface area contributed by atoms with Crippen molar-refractivity contribution in [1.82, 2.24) is 0 Å². The Hall–Kier alpha value is -2.26. The second kappa shape index (κ2) is 5.62. The average molecular weight is 253 g/mol. The zero-order valence-corrected chi connectivity index (χ0v) is 11.0. The molecule has 0 spiro atoms. The Morgan fingerprint density at radius 3 is 1.38 bits per heavy atom. The Morgan fingerprint density at radius 1 is 0.619 bits per heavy atom. The van der Waals surface area contributed by atoms with Crippen molar-refractivity contribution in [3.05, 3.63) is 29.3 Å². The van der Waals surface area contributed by atoms with Gasteiger partial charge in [-0.3, -0.25) is 0 Å². The molecule has 0 aromatic heterocycles. The first-order chi connectivity index (χ1) is 9.90. The van der Waals surface area contributed by atoms with Crippen LogP contribution in [0, 0.1) is 22.7 Å². The van der Waals surface area contributed by atoms with Crippen molar-refractivity contribution in [1.29, 1.82) is 10.5 Å². The molecule has 0 bridgehead atoms. The largest absolute Gasteiger partial charge is 0.192 e. The van der Waals surface area contributed by atoms with Gasteiger partial charge >= 0.3 is 0 Å². The van der Waals surface area contributed by atoms with E-state index in [1.807, 2.05) is 12.1 Å². The van der Waals surface area contributed by atoms with Gasteiger partial charge in [0.05, 0.1) is 23.3 Å². The molecule has 10 radical (unpaired) electrons. The minimum atomic E-state index is 0.116. The van der Waals surface area contributed by atoms with Crippen LogP contribution < -0.4 is 27.3 Å². The fraction of sp³-hybridized carbons (Fsp3) is 0. The molecule has 0 saturated heterocycles. The summed E-state index contributed by atoms with van der Waals surface area (Å²) in [5, 5.41) is 18.1. The maximum atomic E-state index is 9.03.